The largest absolute Gasteiger partial charge is 0.443 e. The normalized spacial score (nSPS) is 20.5. The van der Waals surface area contributed by atoms with Crippen LogP contribution in [0.3, 0.4) is 0 Å². The lowest BCUT2D eigenvalue weighted by Crippen LogP contribution is -2.27. The molecule has 5 heteroatoms. The number of nitrogens with zero attached hydrogens (tertiary/aromatic N) is 1. The van der Waals surface area contributed by atoms with Gasteiger partial charge in [0.2, 0.25) is 0 Å². The van der Waals surface area contributed by atoms with Gasteiger partial charge in [0.15, 0.2) is 0 Å². The van der Waals surface area contributed by atoms with Gasteiger partial charge in [0.1, 0.15) is 6.10 Å². The van der Waals surface area contributed by atoms with E-state index in [1.54, 1.807) is 4.90 Å². The van der Waals surface area contributed by atoms with Crippen molar-refractivity contribution in [3.05, 3.63) is 27.8 Å². The number of carbonyl (C=O) groups excluding carboxylic acids is 1. The summed E-state index contributed by atoms with van der Waals surface area (Å²) in [5, 5.41) is 0. The highest BCUT2D eigenvalue weighted by molar-refractivity contribution is 14.1. The lowest BCUT2D eigenvalue weighted by atomic mass is 10.3. The Morgan fingerprint density at radius 2 is 2.13 bits per heavy atom. The van der Waals surface area contributed by atoms with Crippen LogP contribution in [0.5, 0.6) is 0 Å². The molecule has 0 spiro atoms. The first-order valence-electron chi connectivity index (χ1n) is 4.64. The number of hydrogen-bond donors (Lipinski definition) is 1. The van der Waals surface area contributed by atoms with Crippen LogP contribution in [0.1, 0.15) is 0 Å². The molecule has 2 N–H and O–H groups in total. The van der Waals surface area contributed by atoms with Crippen LogP contribution in [0, 0.1) is 3.57 Å². The molecule has 0 radical (unpaired) electrons. The maximum atomic E-state index is 11.5. The van der Waals surface area contributed by atoms with Crippen molar-refractivity contribution in [1.82, 2.24) is 0 Å². The van der Waals surface area contributed by atoms with Gasteiger partial charge < -0.3 is 10.5 Å². The summed E-state index contributed by atoms with van der Waals surface area (Å²) in [5.41, 5.74) is 6.31. The van der Waals surface area contributed by atoms with E-state index < -0.39 is 0 Å². The van der Waals surface area contributed by atoms with Gasteiger partial charge in [-0.2, -0.15) is 0 Å². The first-order chi connectivity index (χ1) is 7.20. The molecule has 0 unspecified atom stereocenters. The van der Waals surface area contributed by atoms with Crippen LogP contribution in [-0.4, -0.2) is 25.3 Å². The summed E-state index contributed by atoms with van der Waals surface area (Å²) in [6.45, 7) is 0.905. The number of carbonyl (C=O) groups is 1. The second-order valence-corrected chi connectivity index (χ2v) is 4.57. The van der Waals surface area contributed by atoms with Crippen LogP contribution in [0.25, 0.3) is 0 Å². The summed E-state index contributed by atoms with van der Waals surface area (Å²) in [4.78, 5) is 13.1. The van der Waals surface area contributed by atoms with Gasteiger partial charge in [-0.15, -0.1) is 0 Å². The number of amides is 1. The van der Waals surface area contributed by atoms with Crippen molar-refractivity contribution in [2.24, 2.45) is 5.73 Å². The lowest BCUT2D eigenvalue weighted by molar-refractivity contribution is 0.145. The first kappa shape index (κ1) is 10.7. The molecule has 1 heterocycles. The zero-order valence-corrected chi connectivity index (χ0v) is 10.2. The van der Waals surface area contributed by atoms with E-state index in [4.69, 9.17) is 10.5 Å². The van der Waals surface area contributed by atoms with Crippen LogP contribution >= 0.6 is 22.6 Å². The third kappa shape index (κ3) is 2.23. The Balaban J connectivity index is 2.18. The van der Waals surface area contributed by atoms with Gasteiger partial charge in [0.05, 0.1) is 6.54 Å². The molecule has 1 aliphatic rings. The minimum Gasteiger partial charge on any atom is -0.443 e. The van der Waals surface area contributed by atoms with Crippen molar-refractivity contribution in [1.29, 1.82) is 0 Å². The third-order valence-corrected chi connectivity index (χ3v) is 2.99. The van der Waals surface area contributed by atoms with E-state index in [9.17, 15) is 4.79 Å². The highest BCUT2D eigenvalue weighted by Crippen LogP contribution is 2.21. The second-order valence-electron chi connectivity index (χ2n) is 3.33. The number of anilines is 1. The topological polar surface area (TPSA) is 55.6 Å². The molecule has 4 nitrogen and oxygen atoms in total. The number of cyclic esters (lactones) is 1. The number of hydrogen-bond acceptors (Lipinski definition) is 3. The third-order valence-electron chi connectivity index (χ3n) is 2.28. The van der Waals surface area contributed by atoms with Crippen molar-refractivity contribution in [2.45, 2.75) is 6.10 Å². The Kier molecular flexibility index (Phi) is 3.11. The average Bonchev–Trinajstić information content (AvgIpc) is 2.61. The monoisotopic (exact) mass is 318 g/mol. The van der Waals surface area contributed by atoms with Crippen molar-refractivity contribution in [3.63, 3.8) is 0 Å². The zero-order chi connectivity index (χ0) is 10.8. The molecule has 80 valence electrons. The Morgan fingerprint density at radius 1 is 1.47 bits per heavy atom. The van der Waals surface area contributed by atoms with E-state index in [2.05, 4.69) is 22.6 Å². The fourth-order valence-corrected chi connectivity index (χ4v) is 1.84. The number of ether oxygens (including phenoxy) is 1. The standard InChI is InChI=1S/C10H11IN2O2/c11-7-1-3-8(4-2-7)13-6-9(5-12)15-10(13)14/h1-4,9H,5-6,12H2/t9-/m1/s1. The van der Waals surface area contributed by atoms with Crippen molar-refractivity contribution in [2.75, 3.05) is 18.0 Å². The van der Waals surface area contributed by atoms with Gasteiger partial charge in [-0.1, -0.05) is 0 Å². The molecule has 0 bridgehead atoms. The molecule has 2 rings (SSSR count). The molecular weight excluding hydrogens is 307 g/mol. The van der Waals surface area contributed by atoms with E-state index >= 15 is 0 Å². The first-order valence-corrected chi connectivity index (χ1v) is 5.72. The quantitative estimate of drug-likeness (QED) is 0.842. The second kappa shape index (κ2) is 4.36. The molecule has 1 aromatic carbocycles. The van der Waals surface area contributed by atoms with Gasteiger partial charge in [-0.3, -0.25) is 4.90 Å². The molecule has 1 aliphatic heterocycles. The molecule has 1 atom stereocenters. The van der Waals surface area contributed by atoms with E-state index in [0.29, 0.717) is 13.1 Å². The van der Waals surface area contributed by atoms with Crippen LogP contribution in [0.15, 0.2) is 24.3 Å². The fourth-order valence-electron chi connectivity index (χ4n) is 1.48. The average molecular weight is 318 g/mol. The van der Waals surface area contributed by atoms with Crippen LogP contribution < -0.4 is 10.6 Å². The summed E-state index contributed by atoms with van der Waals surface area (Å²) in [6, 6.07) is 7.72. The summed E-state index contributed by atoms with van der Waals surface area (Å²) < 4.78 is 6.21. The molecule has 1 fully saturated rings. The Bertz CT molecular complexity index is 366. The van der Waals surface area contributed by atoms with Gasteiger partial charge >= 0.3 is 6.09 Å². The molecule has 1 amide bonds. The van der Waals surface area contributed by atoms with Crippen molar-refractivity contribution < 1.29 is 9.53 Å². The fraction of sp³-hybridized carbons (Fsp3) is 0.300. The summed E-state index contributed by atoms with van der Waals surface area (Å²) >= 11 is 2.22. The molecule has 1 aromatic rings. The number of benzene rings is 1. The van der Waals surface area contributed by atoms with Crippen LogP contribution in [-0.2, 0) is 4.74 Å². The highest BCUT2D eigenvalue weighted by Gasteiger charge is 2.31. The summed E-state index contributed by atoms with van der Waals surface area (Å²) in [7, 11) is 0. The maximum absolute atomic E-state index is 11.5. The predicted octanol–water partition coefficient (Wildman–Crippen LogP) is 1.58. The predicted molar refractivity (Wildman–Crippen MR) is 65.8 cm³/mol. The van der Waals surface area contributed by atoms with E-state index in [1.807, 2.05) is 24.3 Å². The minimum absolute atomic E-state index is 0.184. The Morgan fingerprint density at radius 3 is 2.67 bits per heavy atom. The number of rotatable bonds is 2. The minimum atomic E-state index is -0.313. The highest BCUT2D eigenvalue weighted by atomic mass is 127. The van der Waals surface area contributed by atoms with Crippen LogP contribution in [0.4, 0.5) is 10.5 Å². The zero-order valence-electron chi connectivity index (χ0n) is 8.02. The van der Waals surface area contributed by atoms with Gasteiger partial charge in [-0.25, -0.2) is 4.79 Å². The van der Waals surface area contributed by atoms with Gasteiger partial charge in [-0.05, 0) is 46.9 Å². The summed E-state index contributed by atoms with van der Waals surface area (Å²) in [6.07, 6.45) is -0.497. The SMILES string of the molecule is NC[C@@H]1CN(c2ccc(I)cc2)C(=O)O1. The van der Waals surface area contributed by atoms with Gasteiger partial charge in [0, 0.05) is 15.8 Å². The summed E-state index contributed by atoms with van der Waals surface area (Å²) in [5.74, 6) is 0. The lowest BCUT2D eigenvalue weighted by Gasteiger charge is -2.12. The maximum Gasteiger partial charge on any atom is 0.414 e. The van der Waals surface area contributed by atoms with E-state index in [0.717, 1.165) is 9.26 Å². The number of halogens is 1. The molecule has 0 aromatic heterocycles. The molecule has 15 heavy (non-hydrogen) atoms. The van der Waals surface area contributed by atoms with Crippen molar-refractivity contribution >= 4 is 34.4 Å². The molecular formula is C10H11IN2O2. The van der Waals surface area contributed by atoms with E-state index in [1.165, 1.54) is 0 Å². The molecule has 0 aliphatic carbocycles. The van der Waals surface area contributed by atoms with Crippen molar-refractivity contribution in [3.8, 4) is 0 Å². The van der Waals surface area contributed by atoms with Crippen LogP contribution in [0.2, 0.25) is 0 Å². The Hall–Kier alpha value is -0.820. The smallest absolute Gasteiger partial charge is 0.414 e. The van der Waals surface area contributed by atoms with Gasteiger partial charge in [0.25, 0.3) is 0 Å². The van der Waals surface area contributed by atoms with E-state index in [-0.39, 0.29) is 12.2 Å². The number of nitrogens with two attached hydrogens (primary N) is 1. The molecule has 0 saturated carbocycles. The Labute approximate surface area is 102 Å². The molecule has 1 saturated heterocycles.